The maximum atomic E-state index is 11.7. The van der Waals surface area contributed by atoms with Gasteiger partial charge in [0, 0.05) is 6.20 Å². The Labute approximate surface area is 134 Å². The van der Waals surface area contributed by atoms with Crippen molar-refractivity contribution in [2.24, 2.45) is 0 Å². The van der Waals surface area contributed by atoms with Gasteiger partial charge in [-0.3, -0.25) is 9.59 Å². The van der Waals surface area contributed by atoms with Crippen LogP contribution in [0.3, 0.4) is 0 Å². The number of hydrogen-bond donors (Lipinski definition) is 1. The highest BCUT2D eigenvalue weighted by Crippen LogP contribution is 2.29. The summed E-state index contributed by atoms with van der Waals surface area (Å²) in [5.41, 5.74) is 1.36. The highest BCUT2D eigenvalue weighted by atomic mass is 32.2. The van der Waals surface area contributed by atoms with E-state index in [-0.39, 0.29) is 18.1 Å². The maximum Gasteiger partial charge on any atom is 0.316 e. The van der Waals surface area contributed by atoms with E-state index < -0.39 is 5.97 Å². The summed E-state index contributed by atoms with van der Waals surface area (Å²) in [4.78, 5) is 30.6. The van der Waals surface area contributed by atoms with Crippen LogP contribution in [-0.2, 0) is 9.53 Å². The first-order valence-corrected chi connectivity index (χ1v) is 8.33. The van der Waals surface area contributed by atoms with E-state index >= 15 is 0 Å². The summed E-state index contributed by atoms with van der Waals surface area (Å²) in [7, 11) is 0. The lowest BCUT2D eigenvalue weighted by Crippen LogP contribution is -2.15. The van der Waals surface area contributed by atoms with Crippen LogP contribution < -0.4 is 0 Å². The van der Waals surface area contributed by atoms with Gasteiger partial charge in [0.15, 0.2) is 10.9 Å². The number of ether oxygens (including phenoxy) is 1. The van der Waals surface area contributed by atoms with Crippen LogP contribution in [0.4, 0.5) is 0 Å². The number of carbonyl (C=O) groups excluding carboxylic acids is 2. The summed E-state index contributed by atoms with van der Waals surface area (Å²) in [5, 5.41) is 0. The summed E-state index contributed by atoms with van der Waals surface area (Å²) in [6, 6.07) is 11.2. The number of Topliss-reactive ketones (excluding diaryl/α,β-unsaturated/α-hetero) is 1. The zero-order valence-corrected chi connectivity index (χ0v) is 13.1. The topological polar surface area (TPSA) is 72.0 Å². The Morgan fingerprint density at radius 2 is 2.09 bits per heavy atom. The van der Waals surface area contributed by atoms with Crippen LogP contribution in [0.1, 0.15) is 10.5 Å². The quantitative estimate of drug-likeness (QED) is 0.426. The third-order valence-corrected chi connectivity index (χ3v) is 5.00. The fourth-order valence-electron chi connectivity index (χ4n) is 1.80. The molecule has 1 N–H and O–H groups in total. The number of thioether (sulfide) groups is 1. The molecule has 0 aliphatic carbocycles. The predicted molar refractivity (Wildman–Crippen MR) is 86.4 cm³/mol. The van der Waals surface area contributed by atoms with E-state index in [2.05, 4.69) is 9.97 Å². The van der Waals surface area contributed by atoms with E-state index in [0.29, 0.717) is 5.69 Å². The number of nitrogens with one attached hydrogen (secondary N) is 1. The van der Waals surface area contributed by atoms with Crippen molar-refractivity contribution in [3.63, 3.8) is 0 Å². The molecule has 7 heteroatoms. The minimum Gasteiger partial charge on any atom is -0.457 e. The van der Waals surface area contributed by atoms with E-state index in [9.17, 15) is 9.59 Å². The molecule has 0 unspecified atom stereocenters. The van der Waals surface area contributed by atoms with Crippen molar-refractivity contribution in [2.75, 3.05) is 12.4 Å². The molecule has 112 valence electrons. The normalized spacial score (nSPS) is 10.7. The summed E-state index contributed by atoms with van der Waals surface area (Å²) in [5.74, 6) is -0.537. The average Bonchev–Trinajstić information content (AvgIpc) is 3.19. The number of hydrogen-bond acceptors (Lipinski definition) is 6. The molecule has 22 heavy (non-hydrogen) atoms. The molecule has 0 aliphatic rings. The molecule has 2 aromatic heterocycles. The number of carbonyl (C=O) groups is 2. The second-order valence-corrected chi connectivity index (χ2v) is 6.66. The SMILES string of the molecule is O=C(CSc1nc2ccccc2s1)OCC(=O)c1ccc[nH]1. The van der Waals surface area contributed by atoms with Crippen molar-refractivity contribution in [1.29, 1.82) is 0 Å². The first kappa shape index (κ1) is 14.8. The number of H-pyrrole nitrogens is 1. The Balaban J connectivity index is 1.49. The van der Waals surface area contributed by atoms with Crippen LogP contribution in [0.5, 0.6) is 0 Å². The molecule has 0 spiro atoms. The molecule has 3 aromatic rings. The van der Waals surface area contributed by atoms with Gasteiger partial charge in [-0.05, 0) is 24.3 Å². The molecule has 0 radical (unpaired) electrons. The number of fused-ring (bicyclic) bond motifs is 1. The standard InChI is InChI=1S/C15H12N2O3S2/c18-12(10-5-3-7-16-10)8-20-14(19)9-21-15-17-11-4-1-2-6-13(11)22-15/h1-7,16H,8-9H2. The van der Waals surface area contributed by atoms with Gasteiger partial charge < -0.3 is 9.72 Å². The van der Waals surface area contributed by atoms with E-state index in [4.69, 9.17) is 4.74 Å². The minimum absolute atomic E-state index is 0.137. The van der Waals surface area contributed by atoms with Gasteiger partial charge >= 0.3 is 5.97 Å². The summed E-state index contributed by atoms with van der Waals surface area (Å²) >= 11 is 2.85. The highest BCUT2D eigenvalue weighted by Gasteiger charge is 2.12. The molecule has 3 rings (SSSR count). The Hall–Kier alpha value is -2.12. The van der Waals surface area contributed by atoms with Crippen molar-refractivity contribution < 1.29 is 14.3 Å². The molecule has 0 saturated carbocycles. The number of ketones is 1. The van der Waals surface area contributed by atoms with Crippen LogP contribution in [-0.4, -0.2) is 34.1 Å². The van der Waals surface area contributed by atoms with E-state index in [1.165, 1.54) is 23.1 Å². The first-order chi connectivity index (χ1) is 10.7. The zero-order valence-electron chi connectivity index (χ0n) is 11.4. The van der Waals surface area contributed by atoms with E-state index in [0.717, 1.165) is 14.6 Å². The molecule has 0 fully saturated rings. The van der Waals surface area contributed by atoms with Crippen LogP contribution >= 0.6 is 23.1 Å². The van der Waals surface area contributed by atoms with E-state index in [1.54, 1.807) is 18.3 Å². The van der Waals surface area contributed by atoms with Gasteiger partial charge in [0.1, 0.15) is 0 Å². The fourth-order valence-corrected chi connectivity index (χ4v) is 3.67. The van der Waals surface area contributed by atoms with E-state index in [1.807, 2.05) is 24.3 Å². The Kier molecular flexibility index (Phi) is 4.55. The highest BCUT2D eigenvalue weighted by molar-refractivity contribution is 8.01. The number of nitrogens with zero attached hydrogens (tertiary/aromatic N) is 1. The Morgan fingerprint density at radius 1 is 1.23 bits per heavy atom. The lowest BCUT2D eigenvalue weighted by atomic mass is 10.3. The molecule has 0 saturated heterocycles. The van der Waals surface area contributed by atoms with Gasteiger partial charge in [-0.25, -0.2) is 4.98 Å². The minimum atomic E-state index is -0.427. The van der Waals surface area contributed by atoms with Crippen LogP contribution in [0.25, 0.3) is 10.2 Å². The third-order valence-electron chi connectivity index (χ3n) is 2.85. The van der Waals surface area contributed by atoms with Crippen LogP contribution in [0, 0.1) is 0 Å². The molecule has 0 amide bonds. The number of aromatic amines is 1. The molecular weight excluding hydrogens is 320 g/mol. The molecule has 1 aromatic carbocycles. The predicted octanol–water partition coefficient (Wildman–Crippen LogP) is 3.14. The average molecular weight is 332 g/mol. The molecule has 0 atom stereocenters. The Morgan fingerprint density at radius 3 is 2.86 bits per heavy atom. The van der Waals surface area contributed by atoms with Gasteiger partial charge in [0.25, 0.3) is 0 Å². The number of thiazole rings is 1. The molecule has 5 nitrogen and oxygen atoms in total. The van der Waals surface area contributed by atoms with Gasteiger partial charge in [-0.1, -0.05) is 23.9 Å². The smallest absolute Gasteiger partial charge is 0.316 e. The third kappa shape index (κ3) is 3.55. The van der Waals surface area contributed by atoms with Crippen molar-refractivity contribution in [3.8, 4) is 0 Å². The number of rotatable bonds is 6. The zero-order chi connectivity index (χ0) is 15.4. The summed E-state index contributed by atoms with van der Waals surface area (Å²) in [6.07, 6.45) is 1.65. The van der Waals surface area contributed by atoms with Gasteiger partial charge in [0.05, 0.1) is 21.7 Å². The first-order valence-electron chi connectivity index (χ1n) is 6.53. The van der Waals surface area contributed by atoms with Gasteiger partial charge in [0.2, 0.25) is 5.78 Å². The molecular formula is C15H12N2O3S2. The van der Waals surface area contributed by atoms with Crippen molar-refractivity contribution in [2.45, 2.75) is 4.34 Å². The Bertz CT molecular complexity index is 763. The lowest BCUT2D eigenvalue weighted by molar-refractivity contribution is -0.139. The molecule has 2 heterocycles. The second kappa shape index (κ2) is 6.76. The van der Waals surface area contributed by atoms with Crippen molar-refractivity contribution in [3.05, 3.63) is 48.3 Å². The number of aromatic nitrogens is 2. The lowest BCUT2D eigenvalue weighted by Gasteiger charge is -2.02. The second-order valence-electron chi connectivity index (χ2n) is 4.40. The summed E-state index contributed by atoms with van der Waals surface area (Å²) in [6.45, 7) is -0.250. The number of esters is 1. The fraction of sp³-hybridized carbons (Fsp3) is 0.133. The van der Waals surface area contributed by atoms with Crippen LogP contribution in [0.15, 0.2) is 46.9 Å². The maximum absolute atomic E-state index is 11.7. The largest absolute Gasteiger partial charge is 0.457 e. The van der Waals surface area contributed by atoms with Crippen LogP contribution in [0.2, 0.25) is 0 Å². The van der Waals surface area contributed by atoms with Crippen molar-refractivity contribution in [1.82, 2.24) is 9.97 Å². The number of benzene rings is 1. The van der Waals surface area contributed by atoms with Gasteiger partial charge in [-0.15, -0.1) is 11.3 Å². The monoisotopic (exact) mass is 332 g/mol. The number of para-hydroxylation sites is 1. The molecule has 0 bridgehead atoms. The summed E-state index contributed by atoms with van der Waals surface area (Å²) < 4.78 is 6.87. The van der Waals surface area contributed by atoms with Crippen molar-refractivity contribution >= 4 is 45.1 Å². The van der Waals surface area contributed by atoms with Gasteiger partial charge in [-0.2, -0.15) is 0 Å². The molecule has 0 aliphatic heterocycles.